The van der Waals surface area contributed by atoms with Crippen LogP contribution in [0, 0.1) is 0 Å². The number of alkyl carbamates (subject to hydrolysis) is 1. The minimum Gasteiger partial charge on any atom is -0.445 e. The highest BCUT2D eigenvalue weighted by atomic mass is 16.5. The number of nitrogens with zero attached hydrogens (tertiary/aromatic N) is 1. The molecule has 0 aliphatic heterocycles. The second-order valence-corrected chi connectivity index (χ2v) is 6.02. The Labute approximate surface area is 138 Å². The summed E-state index contributed by atoms with van der Waals surface area (Å²) in [4.78, 5) is 14.3. The fourth-order valence-electron chi connectivity index (χ4n) is 3.32. The Morgan fingerprint density at radius 2 is 2.04 bits per heavy atom. The van der Waals surface area contributed by atoms with E-state index in [9.17, 15) is 9.90 Å². The number of aliphatic hydroxyl groups excluding tert-OH is 1. The number of hydrogen-bond donors (Lipinski definition) is 2. The molecule has 1 aromatic rings. The summed E-state index contributed by atoms with van der Waals surface area (Å²) in [6.45, 7) is 4.06. The van der Waals surface area contributed by atoms with Crippen LogP contribution >= 0.6 is 0 Å². The molecule has 1 aliphatic carbocycles. The molecule has 0 saturated heterocycles. The third-order valence-electron chi connectivity index (χ3n) is 4.51. The van der Waals surface area contributed by atoms with Crippen molar-refractivity contribution in [2.75, 3.05) is 19.7 Å². The Bertz CT molecular complexity index is 467. The Hall–Kier alpha value is -1.59. The molecule has 128 valence electrons. The third kappa shape index (κ3) is 5.52. The lowest BCUT2D eigenvalue weighted by atomic mass is 9.89. The molecule has 5 nitrogen and oxygen atoms in total. The molecule has 0 aromatic heterocycles. The Morgan fingerprint density at radius 1 is 1.30 bits per heavy atom. The zero-order chi connectivity index (χ0) is 16.5. The van der Waals surface area contributed by atoms with Gasteiger partial charge in [-0.25, -0.2) is 4.79 Å². The zero-order valence-electron chi connectivity index (χ0n) is 13.9. The number of carbonyl (C=O) groups is 1. The summed E-state index contributed by atoms with van der Waals surface area (Å²) in [5.41, 5.74) is 0.985. The van der Waals surface area contributed by atoms with E-state index in [2.05, 4.69) is 17.1 Å². The van der Waals surface area contributed by atoms with E-state index < -0.39 is 0 Å². The number of nitrogens with one attached hydrogen (secondary N) is 1. The molecule has 2 atom stereocenters. The summed E-state index contributed by atoms with van der Waals surface area (Å²) in [7, 11) is 0. The van der Waals surface area contributed by atoms with Crippen LogP contribution in [0.4, 0.5) is 4.79 Å². The molecule has 1 amide bonds. The molecule has 0 spiro atoms. The molecule has 0 heterocycles. The van der Waals surface area contributed by atoms with Gasteiger partial charge in [-0.2, -0.15) is 0 Å². The highest BCUT2D eigenvalue weighted by molar-refractivity contribution is 5.67. The Balaban J connectivity index is 1.86. The predicted molar refractivity (Wildman–Crippen MR) is 90.1 cm³/mol. The van der Waals surface area contributed by atoms with Crippen LogP contribution in [-0.2, 0) is 11.3 Å². The van der Waals surface area contributed by atoms with Gasteiger partial charge < -0.3 is 15.2 Å². The maximum atomic E-state index is 12.1. The summed E-state index contributed by atoms with van der Waals surface area (Å²) in [6, 6.07) is 10.1. The van der Waals surface area contributed by atoms with Gasteiger partial charge in [-0.05, 0) is 24.9 Å². The smallest absolute Gasteiger partial charge is 0.407 e. The van der Waals surface area contributed by atoms with Crippen molar-refractivity contribution in [2.45, 2.75) is 51.3 Å². The van der Waals surface area contributed by atoms with Crippen molar-refractivity contribution in [3.63, 3.8) is 0 Å². The average Bonchev–Trinajstić information content (AvgIpc) is 2.59. The van der Waals surface area contributed by atoms with Gasteiger partial charge in [0.15, 0.2) is 0 Å². The molecular weight excluding hydrogens is 292 g/mol. The SMILES string of the molecule is CCN(CCO)[C@H]1CCCC[C@H]1NC(=O)OCc1ccccc1. The number of amides is 1. The summed E-state index contributed by atoms with van der Waals surface area (Å²) in [6.07, 6.45) is 3.95. The van der Waals surface area contributed by atoms with Gasteiger partial charge in [0.25, 0.3) is 0 Å². The highest BCUT2D eigenvalue weighted by Gasteiger charge is 2.30. The first kappa shape index (κ1) is 17.8. The normalized spacial score (nSPS) is 21.2. The van der Waals surface area contributed by atoms with E-state index in [1.54, 1.807) is 0 Å². The Morgan fingerprint density at radius 3 is 2.74 bits per heavy atom. The van der Waals surface area contributed by atoms with Crippen LogP contribution in [0.25, 0.3) is 0 Å². The van der Waals surface area contributed by atoms with E-state index >= 15 is 0 Å². The summed E-state index contributed by atoms with van der Waals surface area (Å²) >= 11 is 0. The van der Waals surface area contributed by atoms with E-state index in [0.29, 0.717) is 6.54 Å². The topological polar surface area (TPSA) is 61.8 Å². The van der Waals surface area contributed by atoms with Crippen molar-refractivity contribution in [3.8, 4) is 0 Å². The van der Waals surface area contributed by atoms with Crippen molar-refractivity contribution in [2.24, 2.45) is 0 Å². The maximum absolute atomic E-state index is 12.1. The molecule has 2 rings (SSSR count). The summed E-state index contributed by atoms with van der Waals surface area (Å²) in [5, 5.41) is 12.3. The number of hydrogen-bond acceptors (Lipinski definition) is 4. The number of ether oxygens (including phenoxy) is 1. The van der Waals surface area contributed by atoms with Crippen molar-refractivity contribution < 1.29 is 14.6 Å². The molecule has 23 heavy (non-hydrogen) atoms. The van der Waals surface area contributed by atoms with Crippen LogP contribution in [0.3, 0.4) is 0 Å². The predicted octanol–water partition coefficient (Wildman–Crippen LogP) is 2.54. The number of rotatable bonds is 7. The minimum absolute atomic E-state index is 0.0959. The van der Waals surface area contributed by atoms with E-state index in [-0.39, 0.29) is 31.4 Å². The van der Waals surface area contributed by atoms with E-state index in [1.807, 2.05) is 30.3 Å². The van der Waals surface area contributed by atoms with Gasteiger partial charge in [-0.3, -0.25) is 4.90 Å². The fraction of sp³-hybridized carbons (Fsp3) is 0.611. The van der Waals surface area contributed by atoms with Crippen LogP contribution in [0.1, 0.15) is 38.2 Å². The lowest BCUT2D eigenvalue weighted by Crippen LogP contribution is -2.54. The molecule has 0 unspecified atom stereocenters. The van der Waals surface area contributed by atoms with Crippen LogP contribution in [0.5, 0.6) is 0 Å². The quantitative estimate of drug-likeness (QED) is 0.810. The number of aliphatic hydroxyl groups is 1. The fourth-order valence-corrected chi connectivity index (χ4v) is 3.32. The van der Waals surface area contributed by atoms with Gasteiger partial charge in [-0.15, -0.1) is 0 Å². The zero-order valence-corrected chi connectivity index (χ0v) is 13.9. The van der Waals surface area contributed by atoms with E-state index in [4.69, 9.17) is 4.74 Å². The van der Waals surface area contributed by atoms with Crippen LogP contribution in [-0.4, -0.2) is 47.9 Å². The van der Waals surface area contributed by atoms with Crippen molar-refractivity contribution in [1.29, 1.82) is 0 Å². The summed E-state index contributed by atoms with van der Waals surface area (Å²) in [5.74, 6) is 0. The lowest BCUT2D eigenvalue weighted by Gasteiger charge is -2.39. The molecule has 1 aliphatic rings. The first-order valence-electron chi connectivity index (χ1n) is 8.56. The van der Waals surface area contributed by atoms with Gasteiger partial charge in [0, 0.05) is 18.6 Å². The van der Waals surface area contributed by atoms with E-state index in [1.165, 1.54) is 6.42 Å². The standard InChI is InChI=1S/C18H28N2O3/c1-2-20(12-13-21)17-11-7-6-10-16(17)19-18(22)23-14-15-8-4-3-5-9-15/h3-5,8-9,16-17,21H,2,6-7,10-14H2,1H3,(H,19,22)/t16-,17+/m1/s1. The molecule has 1 saturated carbocycles. The van der Waals surface area contributed by atoms with Crippen molar-refractivity contribution >= 4 is 6.09 Å². The van der Waals surface area contributed by atoms with Gasteiger partial charge in [-0.1, -0.05) is 50.1 Å². The highest BCUT2D eigenvalue weighted by Crippen LogP contribution is 2.23. The molecular formula is C18H28N2O3. The van der Waals surface area contributed by atoms with Crippen molar-refractivity contribution in [3.05, 3.63) is 35.9 Å². The summed E-state index contributed by atoms with van der Waals surface area (Å²) < 4.78 is 5.33. The monoisotopic (exact) mass is 320 g/mol. The number of likely N-dealkylation sites (N-methyl/N-ethyl adjacent to an activating group) is 1. The first-order valence-corrected chi connectivity index (χ1v) is 8.56. The Kier molecular flexibility index (Phi) is 7.36. The minimum atomic E-state index is -0.356. The van der Waals surface area contributed by atoms with Gasteiger partial charge >= 0.3 is 6.09 Å². The van der Waals surface area contributed by atoms with Crippen LogP contribution in [0.2, 0.25) is 0 Å². The molecule has 1 aromatic carbocycles. The van der Waals surface area contributed by atoms with Gasteiger partial charge in [0.2, 0.25) is 0 Å². The molecule has 2 N–H and O–H groups in total. The number of benzene rings is 1. The third-order valence-corrected chi connectivity index (χ3v) is 4.51. The largest absolute Gasteiger partial charge is 0.445 e. The molecule has 0 radical (unpaired) electrons. The lowest BCUT2D eigenvalue weighted by molar-refractivity contribution is 0.0905. The van der Waals surface area contributed by atoms with Crippen molar-refractivity contribution in [1.82, 2.24) is 10.2 Å². The average molecular weight is 320 g/mol. The molecule has 0 bridgehead atoms. The van der Waals surface area contributed by atoms with Crippen LogP contribution < -0.4 is 5.32 Å². The number of carbonyl (C=O) groups excluding carboxylic acids is 1. The van der Waals surface area contributed by atoms with E-state index in [0.717, 1.165) is 31.4 Å². The van der Waals surface area contributed by atoms with Gasteiger partial charge in [0.1, 0.15) is 6.61 Å². The second kappa shape index (κ2) is 9.53. The second-order valence-electron chi connectivity index (χ2n) is 6.02. The van der Waals surface area contributed by atoms with Crippen LogP contribution in [0.15, 0.2) is 30.3 Å². The first-order chi connectivity index (χ1) is 11.2. The van der Waals surface area contributed by atoms with Gasteiger partial charge in [0.05, 0.1) is 6.61 Å². The molecule has 5 heteroatoms. The molecule has 1 fully saturated rings. The maximum Gasteiger partial charge on any atom is 0.407 e.